The number of rotatable bonds is 8. The van der Waals surface area contributed by atoms with Gasteiger partial charge in [0.05, 0.1) is 0 Å². The number of aryl methyl sites for hydroxylation is 2. The van der Waals surface area contributed by atoms with Crippen molar-refractivity contribution in [2.24, 2.45) is 0 Å². The van der Waals surface area contributed by atoms with Crippen molar-refractivity contribution < 1.29 is 22.8 Å². The molecule has 0 heterocycles. The summed E-state index contributed by atoms with van der Waals surface area (Å²) in [5, 5.41) is 2.82. The third-order valence-electron chi connectivity index (χ3n) is 3.53. The molecule has 128 valence electrons. The van der Waals surface area contributed by atoms with Gasteiger partial charge in [-0.25, -0.2) is 0 Å². The lowest BCUT2D eigenvalue weighted by Gasteiger charge is -2.09. The van der Waals surface area contributed by atoms with Crippen LogP contribution >= 0.6 is 0 Å². The summed E-state index contributed by atoms with van der Waals surface area (Å²) >= 11 is 0. The number of carbonyl (C=O) groups is 2. The average molecular weight is 329 g/mol. The minimum absolute atomic E-state index is 0.108. The fraction of sp³-hybridized carbons (Fsp3) is 0.529. The molecule has 0 aliphatic heterocycles. The summed E-state index contributed by atoms with van der Waals surface area (Å²) in [6, 6.07) is 5.75. The number of ketones is 1. The van der Waals surface area contributed by atoms with Crippen LogP contribution in [0.2, 0.25) is 0 Å². The van der Waals surface area contributed by atoms with Gasteiger partial charge in [-0.3, -0.25) is 9.59 Å². The predicted octanol–water partition coefficient (Wildman–Crippen LogP) is 4.71. The van der Waals surface area contributed by atoms with Crippen LogP contribution in [-0.2, 0) is 9.59 Å². The van der Waals surface area contributed by atoms with Crippen molar-refractivity contribution in [2.75, 3.05) is 5.32 Å². The molecule has 0 saturated carbocycles. The Labute approximate surface area is 134 Å². The zero-order valence-corrected chi connectivity index (χ0v) is 13.4. The Morgan fingerprint density at radius 1 is 1.00 bits per heavy atom. The van der Waals surface area contributed by atoms with E-state index >= 15 is 0 Å². The number of anilines is 1. The summed E-state index contributed by atoms with van der Waals surface area (Å²) in [5.41, 5.74) is 2.88. The van der Waals surface area contributed by atoms with Gasteiger partial charge in [0.15, 0.2) is 0 Å². The SMILES string of the molecule is Cc1ccc(NC(=O)CCCCCCC(=O)C(F)(F)F)c(C)c1. The summed E-state index contributed by atoms with van der Waals surface area (Å²) in [6.45, 7) is 3.89. The number of alkyl halides is 3. The van der Waals surface area contributed by atoms with E-state index in [1.165, 1.54) is 0 Å². The first-order chi connectivity index (χ1) is 10.7. The van der Waals surface area contributed by atoms with Crippen molar-refractivity contribution in [2.45, 2.75) is 58.5 Å². The lowest BCUT2D eigenvalue weighted by atomic mass is 10.1. The number of nitrogens with one attached hydrogen (secondary N) is 1. The Morgan fingerprint density at radius 3 is 2.17 bits per heavy atom. The molecule has 6 heteroatoms. The van der Waals surface area contributed by atoms with Gasteiger partial charge in [-0.2, -0.15) is 13.2 Å². The van der Waals surface area contributed by atoms with E-state index in [1.54, 1.807) is 0 Å². The van der Waals surface area contributed by atoms with Crippen molar-refractivity contribution >= 4 is 17.4 Å². The molecule has 0 saturated heterocycles. The summed E-state index contributed by atoms with van der Waals surface area (Å²) in [4.78, 5) is 22.5. The van der Waals surface area contributed by atoms with Gasteiger partial charge >= 0.3 is 6.18 Å². The number of hydrogen-bond donors (Lipinski definition) is 1. The van der Waals surface area contributed by atoms with Crippen molar-refractivity contribution in [3.63, 3.8) is 0 Å². The first-order valence-electron chi connectivity index (χ1n) is 7.67. The number of benzene rings is 1. The number of halogens is 3. The van der Waals surface area contributed by atoms with E-state index in [0.29, 0.717) is 25.7 Å². The highest BCUT2D eigenvalue weighted by atomic mass is 19.4. The van der Waals surface area contributed by atoms with Crippen molar-refractivity contribution in [1.82, 2.24) is 0 Å². The molecule has 0 bridgehead atoms. The minimum Gasteiger partial charge on any atom is -0.326 e. The summed E-state index contributed by atoms with van der Waals surface area (Å²) in [6.07, 6.45) is -2.94. The third kappa shape index (κ3) is 7.30. The molecule has 0 spiro atoms. The molecule has 0 aliphatic carbocycles. The standard InChI is InChI=1S/C17H22F3NO2/c1-12-9-10-14(13(2)11-12)21-16(23)8-6-4-3-5-7-15(22)17(18,19)20/h9-11H,3-8H2,1-2H3,(H,21,23). The van der Waals surface area contributed by atoms with Gasteiger partial charge in [0.2, 0.25) is 11.7 Å². The second-order valence-electron chi connectivity index (χ2n) is 5.70. The molecule has 1 aromatic rings. The Balaban J connectivity index is 2.19. The van der Waals surface area contributed by atoms with E-state index in [0.717, 1.165) is 16.8 Å². The number of unbranched alkanes of at least 4 members (excludes halogenated alkanes) is 3. The van der Waals surface area contributed by atoms with Gasteiger partial charge in [-0.1, -0.05) is 30.5 Å². The van der Waals surface area contributed by atoms with Crippen LogP contribution in [0.25, 0.3) is 0 Å². The van der Waals surface area contributed by atoms with Crippen LogP contribution in [0.4, 0.5) is 18.9 Å². The molecule has 0 aliphatic rings. The highest BCUT2D eigenvalue weighted by molar-refractivity contribution is 5.91. The molecular weight excluding hydrogens is 307 g/mol. The second-order valence-corrected chi connectivity index (χ2v) is 5.70. The van der Waals surface area contributed by atoms with Gasteiger partial charge in [-0.15, -0.1) is 0 Å². The van der Waals surface area contributed by atoms with Crippen LogP contribution in [0.5, 0.6) is 0 Å². The van der Waals surface area contributed by atoms with Crippen LogP contribution in [0, 0.1) is 13.8 Å². The summed E-state index contributed by atoms with van der Waals surface area (Å²) in [7, 11) is 0. The van der Waals surface area contributed by atoms with E-state index < -0.39 is 18.4 Å². The van der Waals surface area contributed by atoms with E-state index in [4.69, 9.17) is 0 Å². The zero-order chi connectivity index (χ0) is 17.5. The topological polar surface area (TPSA) is 46.2 Å². The molecule has 0 radical (unpaired) electrons. The van der Waals surface area contributed by atoms with Gasteiger partial charge in [0.25, 0.3) is 0 Å². The molecule has 1 rings (SSSR count). The summed E-state index contributed by atoms with van der Waals surface area (Å²) < 4.78 is 36.0. The van der Waals surface area contributed by atoms with E-state index in [2.05, 4.69) is 5.32 Å². The minimum atomic E-state index is -4.73. The average Bonchev–Trinajstić information content (AvgIpc) is 2.44. The third-order valence-corrected chi connectivity index (χ3v) is 3.53. The molecule has 0 unspecified atom stereocenters. The van der Waals surface area contributed by atoms with Gasteiger partial charge in [0.1, 0.15) is 0 Å². The Kier molecular flexibility index (Phi) is 7.26. The van der Waals surface area contributed by atoms with Crippen LogP contribution < -0.4 is 5.32 Å². The number of hydrogen-bond acceptors (Lipinski definition) is 2. The molecule has 1 amide bonds. The molecule has 0 aromatic heterocycles. The Bertz CT molecular complexity index is 553. The molecule has 0 fully saturated rings. The maximum atomic E-state index is 12.0. The van der Waals surface area contributed by atoms with Crippen molar-refractivity contribution in [1.29, 1.82) is 0 Å². The zero-order valence-electron chi connectivity index (χ0n) is 13.4. The maximum Gasteiger partial charge on any atom is 0.449 e. The van der Waals surface area contributed by atoms with E-state index in [-0.39, 0.29) is 12.3 Å². The van der Waals surface area contributed by atoms with E-state index in [1.807, 2.05) is 32.0 Å². The van der Waals surface area contributed by atoms with Crippen molar-refractivity contribution in [3.05, 3.63) is 29.3 Å². The first kappa shape index (κ1) is 19.2. The van der Waals surface area contributed by atoms with Crippen LogP contribution in [0.3, 0.4) is 0 Å². The fourth-order valence-electron chi connectivity index (χ4n) is 2.23. The largest absolute Gasteiger partial charge is 0.449 e. The fourth-order valence-corrected chi connectivity index (χ4v) is 2.23. The number of Topliss-reactive ketones (excluding diaryl/α,β-unsaturated/α-hetero) is 1. The van der Waals surface area contributed by atoms with Crippen LogP contribution in [0.1, 0.15) is 49.7 Å². The van der Waals surface area contributed by atoms with Crippen LogP contribution in [0.15, 0.2) is 18.2 Å². The molecule has 0 atom stereocenters. The molecular formula is C17H22F3NO2. The second kappa shape index (κ2) is 8.70. The first-order valence-corrected chi connectivity index (χ1v) is 7.67. The lowest BCUT2D eigenvalue weighted by molar-refractivity contribution is -0.171. The monoisotopic (exact) mass is 329 g/mol. The van der Waals surface area contributed by atoms with Gasteiger partial charge in [-0.05, 0) is 38.3 Å². The molecule has 23 heavy (non-hydrogen) atoms. The van der Waals surface area contributed by atoms with Gasteiger partial charge in [0, 0.05) is 18.5 Å². The lowest BCUT2D eigenvalue weighted by Crippen LogP contribution is -2.22. The highest BCUT2D eigenvalue weighted by Gasteiger charge is 2.36. The van der Waals surface area contributed by atoms with Gasteiger partial charge < -0.3 is 5.32 Å². The Hall–Kier alpha value is -1.85. The smallest absolute Gasteiger partial charge is 0.326 e. The number of carbonyl (C=O) groups excluding carboxylic acids is 2. The van der Waals surface area contributed by atoms with E-state index in [9.17, 15) is 22.8 Å². The quantitative estimate of drug-likeness (QED) is 0.702. The number of amides is 1. The maximum absolute atomic E-state index is 12.0. The van der Waals surface area contributed by atoms with Crippen molar-refractivity contribution in [3.8, 4) is 0 Å². The molecule has 1 N–H and O–H groups in total. The predicted molar refractivity (Wildman–Crippen MR) is 83.3 cm³/mol. The van der Waals surface area contributed by atoms with Crippen LogP contribution in [-0.4, -0.2) is 17.9 Å². The Morgan fingerprint density at radius 2 is 1.61 bits per heavy atom. The molecule has 1 aromatic carbocycles. The highest BCUT2D eigenvalue weighted by Crippen LogP contribution is 2.20. The normalized spacial score (nSPS) is 11.3. The summed E-state index contributed by atoms with van der Waals surface area (Å²) in [5.74, 6) is -1.78. The molecule has 3 nitrogen and oxygen atoms in total.